The predicted octanol–water partition coefficient (Wildman–Crippen LogP) is 0.983. The Hall–Kier alpha value is -2.98. The monoisotopic (exact) mass is 477 g/mol. The molecular weight excluding hydrogens is 454 g/mol. The van der Waals surface area contributed by atoms with Gasteiger partial charge in [0, 0.05) is 26.2 Å². The summed E-state index contributed by atoms with van der Waals surface area (Å²) < 4.78 is 50.2. The fourth-order valence-electron chi connectivity index (χ4n) is 3.38. The minimum atomic E-state index is -3.86. The number of nitrogens with two attached hydrogens (primary N) is 1. The van der Waals surface area contributed by atoms with Crippen LogP contribution in [0.1, 0.15) is 24.1 Å². The molecule has 0 aromatic heterocycles. The first-order valence-corrected chi connectivity index (χ1v) is 12.7. The molecular formula is C20H23N5O5S2. The van der Waals surface area contributed by atoms with E-state index in [1.54, 1.807) is 31.2 Å². The molecule has 2 aromatic rings. The number of amides is 2. The highest BCUT2D eigenvalue weighted by molar-refractivity contribution is 7.89. The molecule has 32 heavy (non-hydrogen) atoms. The molecule has 170 valence electrons. The van der Waals surface area contributed by atoms with Crippen LogP contribution in [0, 0.1) is 11.3 Å². The molecule has 0 saturated carbocycles. The van der Waals surface area contributed by atoms with Crippen molar-refractivity contribution in [2.75, 3.05) is 26.2 Å². The first-order chi connectivity index (χ1) is 15.0. The zero-order valence-corrected chi connectivity index (χ0v) is 18.9. The Morgan fingerprint density at radius 2 is 1.72 bits per heavy atom. The molecule has 0 radical (unpaired) electrons. The van der Waals surface area contributed by atoms with Gasteiger partial charge in [-0.25, -0.2) is 26.8 Å². The van der Waals surface area contributed by atoms with E-state index in [9.17, 15) is 26.9 Å². The lowest BCUT2D eigenvalue weighted by molar-refractivity contribution is 0.169. The van der Waals surface area contributed by atoms with Crippen molar-refractivity contribution in [2.24, 2.45) is 5.14 Å². The van der Waals surface area contributed by atoms with Crippen LogP contribution in [0.2, 0.25) is 0 Å². The number of urea groups is 1. The molecule has 10 nitrogen and oxygen atoms in total. The number of primary sulfonamides is 1. The zero-order chi connectivity index (χ0) is 23.5. The van der Waals surface area contributed by atoms with Crippen molar-refractivity contribution < 1.29 is 21.6 Å². The summed E-state index contributed by atoms with van der Waals surface area (Å²) in [6.07, 6.45) is 0. The molecule has 2 aromatic carbocycles. The van der Waals surface area contributed by atoms with Crippen LogP contribution in [0.5, 0.6) is 0 Å². The van der Waals surface area contributed by atoms with Crippen LogP contribution in [0.3, 0.4) is 0 Å². The normalized spacial score (nSPS) is 16.2. The summed E-state index contributed by atoms with van der Waals surface area (Å²) in [6.45, 7) is 2.22. The zero-order valence-electron chi connectivity index (χ0n) is 17.3. The molecule has 1 aliphatic heterocycles. The van der Waals surface area contributed by atoms with E-state index < -0.39 is 32.1 Å². The maximum atomic E-state index is 12.9. The number of benzene rings is 2. The topological polar surface area (TPSA) is 154 Å². The molecule has 1 saturated heterocycles. The van der Waals surface area contributed by atoms with E-state index in [0.717, 1.165) is 0 Å². The lowest BCUT2D eigenvalue weighted by Crippen LogP contribution is -2.53. The number of hydrogen-bond acceptors (Lipinski definition) is 6. The Balaban J connectivity index is 1.64. The van der Waals surface area contributed by atoms with Gasteiger partial charge in [-0.15, -0.1) is 0 Å². The highest BCUT2D eigenvalue weighted by atomic mass is 32.2. The Morgan fingerprint density at radius 1 is 1.06 bits per heavy atom. The van der Waals surface area contributed by atoms with Gasteiger partial charge in [0.05, 0.1) is 21.4 Å². The van der Waals surface area contributed by atoms with Gasteiger partial charge in [-0.05, 0) is 36.8 Å². The van der Waals surface area contributed by atoms with Crippen molar-refractivity contribution in [2.45, 2.75) is 22.8 Å². The SMILES string of the molecule is C[C@@H](NC(=O)N1CCN(S(=O)(=O)c2ccccc2C#N)CC1)c1cccc(S(N)(=O)=O)c1. The van der Waals surface area contributed by atoms with Gasteiger partial charge in [-0.1, -0.05) is 24.3 Å². The third-order valence-electron chi connectivity index (χ3n) is 5.18. The lowest BCUT2D eigenvalue weighted by atomic mass is 10.1. The molecule has 12 heteroatoms. The number of nitrogens with zero attached hydrogens (tertiary/aromatic N) is 3. The number of hydrogen-bond donors (Lipinski definition) is 2. The van der Waals surface area contributed by atoms with Gasteiger partial charge in [0.2, 0.25) is 20.0 Å². The smallest absolute Gasteiger partial charge is 0.317 e. The number of carbonyl (C=O) groups is 1. The van der Waals surface area contributed by atoms with E-state index >= 15 is 0 Å². The number of carbonyl (C=O) groups excluding carboxylic acids is 1. The van der Waals surface area contributed by atoms with Crippen molar-refractivity contribution in [1.29, 1.82) is 5.26 Å². The molecule has 1 fully saturated rings. The molecule has 0 bridgehead atoms. The third kappa shape index (κ3) is 5.08. The van der Waals surface area contributed by atoms with Crippen molar-refractivity contribution in [1.82, 2.24) is 14.5 Å². The fraction of sp³-hybridized carbons (Fsp3) is 0.300. The maximum Gasteiger partial charge on any atom is 0.317 e. The van der Waals surface area contributed by atoms with Crippen LogP contribution < -0.4 is 10.5 Å². The molecule has 0 aliphatic carbocycles. The minimum Gasteiger partial charge on any atom is -0.331 e. The second-order valence-corrected chi connectivity index (χ2v) is 10.8. The fourth-order valence-corrected chi connectivity index (χ4v) is 5.51. The average molecular weight is 478 g/mol. The van der Waals surface area contributed by atoms with Gasteiger partial charge in [0.15, 0.2) is 0 Å². The molecule has 0 spiro atoms. The van der Waals surface area contributed by atoms with Crippen LogP contribution in [0.25, 0.3) is 0 Å². The van der Waals surface area contributed by atoms with Crippen molar-refractivity contribution in [3.05, 3.63) is 59.7 Å². The first kappa shape index (κ1) is 23.7. The second-order valence-electron chi connectivity index (χ2n) is 7.29. The quantitative estimate of drug-likeness (QED) is 0.654. The average Bonchev–Trinajstić information content (AvgIpc) is 2.78. The Bertz CT molecular complexity index is 1260. The molecule has 1 aliphatic rings. The van der Waals surface area contributed by atoms with Gasteiger partial charge in [0.1, 0.15) is 6.07 Å². The van der Waals surface area contributed by atoms with E-state index in [1.807, 2.05) is 6.07 Å². The summed E-state index contributed by atoms with van der Waals surface area (Å²) in [7, 11) is -7.72. The summed E-state index contributed by atoms with van der Waals surface area (Å²) in [5, 5.41) is 17.1. The third-order valence-corrected chi connectivity index (χ3v) is 8.05. The van der Waals surface area contributed by atoms with Crippen LogP contribution in [-0.2, 0) is 20.0 Å². The van der Waals surface area contributed by atoms with Gasteiger partial charge in [-0.2, -0.15) is 9.57 Å². The number of rotatable bonds is 5. The molecule has 1 heterocycles. The molecule has 2 amide bonds. The van der Waals surface area contributed by atoms with E-state index in [2.05, 4.69) is 5.32 Å². The Labute approximate surface area is 187 Å². The summed E-state index contributed by atoms with van der Waals surface area (Å²) >= 11 is 0. The Kier molecular flexibility index (Phi) is 6.85. The summed E-state index contributed by atoms with van der Waals surface area (Å²) in [5.41, 5.74) is 0.641. The summed E-state index contributed by atoms with van der Waals surface area (Å²) in [5.74, 6) is 0. The highest BCUT2D eigenvalue weighted by Crippen LogP contribution is 2.22. The Morgan fingerprint density at radius 3 is 2.34 bits per heavy atom. The molecule has 1 atom stereocenters. The van der Waals surface area contributed by atoms with E-state index in [-0.39, 0.29) is 41.5 Å². The van der Waals surface area contributed by atoms with E-state index in [4.69, 9.17) is 5.14 Å². The largest absolute Gasteiger partial charge is 0.331 e. The van der Waals surface area contributed by atoms with Gasteiger partial charge in [-0.3, -0.25) is 0 Å². The van der Waals surface area contributed by atoms with Crippen LogP contribution in [0.4, 0.5) is 4.79 Å². The van der Waals surface area contributed by atoms with Gasteiger partial charge in [0.25, 0.3) is 0 Å². The van der Waals surface area contributed by atoms with Gasteiger partial charge < -0.3 is 10.2 Å². The standard InChI is InChI=1S/C20H23N5O5S2/c1-15(16-6-4-7-18(13-16)31(22,27)28)23-20(26)24-9-11-25(12-10-24)32(29,30)19-8-3-2-5-17(19)14-21/h2-8,13,15H,9-12H2,1H3,(H,23,26)(H2,22,27,28)/t15-/m1/s1. The summed E-state index contributed by atoms with van der Waals surface area (Å²) in [4.78, 5) is 14.0. The lowest BCUT2D eigenvalue weighted by Gasteiger charge is -2.34. The van der Waals surface area contributed by atoms with Crippen molar-refractivity contribution in [3.63, 3.8) is 0 Å². The minimum absolute atomic E-state index is 0.0485. The number of nitriles is 1. The van der Waals surface area contributed by atoms with E-state index in [0.29, 0.717) is 5.56 Å². The second kappa shape index (κ2) is 9.25. The predicted molar refractivity (Wildman–Crippen MR) is 116 cm³/mol. The van der Waals surface area contributed by atoms with Crippen LogP contribution in [0.15, 0.2) is 58.3 Å². The molecule has 0 unspecified atom stereocenters. The highest BCUT2D eigenvalue weighted by Gasteiger charge is 2.32. The van der Waals surface area contributed by atoms with E-state index in [1.165, 1.54) is 33.5 Å². The first-order valence-electron chi connectivity index (χ1n) is 9.71. The molecule has 3 N–H and O–H groups in total. The molecule has 3 rings (SSSR count). The van der Waals surface area contributed by atoms with Crippen LogP contribution >= 0.6 is 0 Å². The van der Waals surface area contributed by atoms with Gasteiger partial charge >= 0.3 is 6.03 Å². The summed E-state index contributed by atoms with van der Waals surface area (Å²) in [6, 6.07) is 13.0. The number of nitrogens with one attached hydrogen (secondary N) is 1. The number of piperazine rings is 1. The number of sulfonamides is 2. The van der Waals surface area contributed by atoms with Crippen LogP contribution in [-0.4, -0.2) is 58.3 Å². The van der Waals surface area contributed by atoms with Crippen molar-refractivity contribution in [3.8, 4) is 6.07 Å². The maximum absolute atomic E-state index is 12.9. The van der Waals surface area contributed by atoms with Crippen molar-refractivity contribution >= 4 is 26.1 Å².